The number of nitrogens with two attached hydrogens (primary N) is 1. The smallest absolute Gasteiger partial charge is 0.183 e. The summed E-state index contributed by atoms with van der Waals surface area (Å²) in [7, 11) is 4.89. The molecule has 2 N–H and O–H groups in total. The molecule has 1 aromatic heterocycles. The normalized spacial score (nSPS) is 21.1. The van der Waals surface area contributed by atoms with Gasteiger partial charge in [-0.3, -0.25) is 4.98 Å². The molecule has 0 radical (unpaired) electrons. The molecule has 1 heterocycles. The summed E-state index contributed by atoms with van der Waals surface area (Å²) in [4.78, 5) is 4.21. The van der Waals surface area contributed by atoms with E-state index in [0.29, 0.717) is 23.6 Å². The van der Waals surface area contributed by atoms with E-state index in [1.54, 1.807) is 33.7 Å². The highest BCUT2D eigenvalue weighted by Gasteiger charge is 2.42. The van der Waals surface area contributed by atoms with Crippen molar-refractivity contribution in [2.24, 2.45) is 5.73 Å². The summed E-state index contributed by atoms with van der Waals surface area (Å²) in [6, 6.07) is 3.88. The number of nitrogens with zero attached hydrogens (tertiary/aromatic N) is 1. The van der Waals surface area contributed by atoms with Gasteiger partial charge in [0.15, 0.2) is 17.1 Å². The average molecular weight is 344 g/mol. The summed E-state index contributed by atoms with van der Waals surface area (Å²) in [5.74, 6) is 1.10. The van der Waals surface area contributed by atoms with E-state index in [4.69, 9.17) is 19.9 Å². The Balaban J connectivity index is 2.54. The van der Waals surface area contributed by atoms with Gasteiger partial charge in [-0.15, -0.1) is 0 Å². The molecule has 5 heteroatoms. The number of aromatic nitrogens is 1. The van der Waals surface area contributed by atoms with E-state index in [0.717, 1.165) is 30.4 Å². The number of methoxy groups -OCH3 is 3. The first-order chi connectivity index (χ1) is 12.1. The van der Waals surface area contributed by atoms with Crippen molar-refractivity contribution in [2.45, 2.75) is 38.2 Å². The van der Waals surface area contributed by atoms with Gasteiger partial charge in [0, 0.05) is 25.9 Å². The van der Waals surface area contributed by atoms with Crippen molar-refractivity contribution in [3.8, 4) is 0 Å². The highest BCUT2D eigenvalue weighted by atomic mass is 16.5. The minimum atomic E-state index is -0.748. The van der Waals surface area contributed by atoms with Gasteiger partial charge in [-0.05, 0) is 29.7 Å². The number of unbranched alkanes of at least 4 members (excludes halogenated alkanes) is 2. The third-order valence-electron chi connectivity index (χ3n) is 4.49. The van der Waals surface area contributed by atoms with E-state index in [9.17, 15) is 0 Å². The second-order valence-electron chi connectivity index (χ2n) is 6.02. The van der Waals surface area contributed by atoms with Crippen LogP contribution in [0.1, 0.15) is 38.2 Å². The molecule has 0 fully saturated rings. The van der Waals surface area contributed by atoms with Gasteiger partial charge in [0.1, 0.15) is 0 Å². The van der Waals surface area contributed by atoms with Crippen LogP contribution in [-0.2, 0) is 14.2 Å². The van der Waals surface area contributed by atoms with Gasteiger partial charge in [-0.2, -0.15) is 0 Å². The number of rotatable bonds is 8. The van der Waals surface area contributed by atoms with Gasteiger partial charge in [0.2, 0.25) is 0 Å². The van der Waals surface area contributed by atoms with Crippen LogP contribution in [0.4, 0.5) is 0 Å². The summed E-state index contributed by atoms with van der Waals surface area (Å²) in [6.45, 7) is 2.17. The molecule has 0 saturated carbocycles. The zero-order chi connectivity index (χ0) is 18.3. The predicted octanol–water partition coefficient (Wildman–Crippen LogP) is 3.79. The quantitative estimate of drug-likeness (QED) is 0.574. The number of hydrogen-bond acceptors (Lipinski definition) is 5. The molecule has 0 saturated heterocycles. The lowest BCUT2D eigenvalue weighted by atomic mass is 9.82. The molecule has 1 aliphatic carbocycles. The van der Waals surface area contributed by atoms with E-state index < -0.39 is 5.60 Å². The van der Waals surface area contributed by atoms with Crippen LogP contribution in [0.3, 0.4) is 0 Å². The first-order valence-electron chi connectivity index (χ1n) is 8.58. The average Bonchev–Trinajstić information content (AvgIpc) is 2.66. The molecular weight excluding hydrogens is 316 g/mol. The second-order valence-corrected chi connectivity index (χ2v) is 6.02. The zero-order valence-electron chi connectivity index (χ0n) is 15.5. The van der Waals surface area contributed by atoms with Crippen molar-refractivity contribution < 1.29 is 14.2 Å². The SMILES string of the molecule is CCCC/C=C/C1(OC)CC(c2cccnc2)=C(N)C(OC)=C1OC. The van der Waals surface area contributed by atoms with Crippen molar-refractivity contribution in [1.29, 1.82) is 0 Å². The van der Waals surface area contributed by atoms with Crippen LogP contribution in [0.25, 0.3) is 5.57 Å². The molecule has 2 rings (SSSR count). The van der Waals surface area contributed by atoms with Crippen LogP contribution in [0.5, 0.6) is 0 Å². The summed E-state index contributed by atoms with van der Waals surface area (Å²) < 4.78 is 17.2. The van der Waals surface area contributed by atoms with Crippen molar-refractivity contribution in [3.05, 3.63) is 59.5 Å². The monoisotopic (exact) mass is 344 g/mol. The third kappa shape index (κ3) is 3.87. The van der Waals surface area contributed by atoms with Gasteiger partial charge in [0.05, 0.1) is 19.9 Å². The Labute approximate surface area is 150 Å². The zero-order valence-corrected chi connectivity index (χ0v) is 15.5. The molecule has 0 aromatic carbocycles. The van der Waals surface area contributed by atoms with Gasteiger partial charge in [0.25, 0.3) is 0 Å². The maximum absolute atomic E-state index is 6.39. The van der Waals surface area contributed by atoms with Crippen LogP contribution >= 0.6 is 0 Å². The minimum Gasteiger partial charge on any atom is -0.494 e. The summed E-state index contributed by atoms with van der Waals surface area (Å²) in [5.41, 5.74) is 8.09. The fraction of sp³-hybridized carbons (Fsp3) is 0.450. The Hall–Kier alpha value is -2.27. The van der Waals surface area contributed by atoms with Gasteiger partial charge in [-0.1, -0.05) is 31.9 Å². The lowest BCUT2D eigenvalue weighted by molar-refractivity contribution is 0.0110. The number of hydrogen-bond donors (Lipinski definition) is 1. The fourth-order valence-corrected chi connectivity index (χ4v) is 3.12. The molecule has 1 atom stereocenters. The number of ether oxygens (including phenoxy) is 3. The summed E-state index contributed by atoms with van der Waals surface area (Å²) in [6.07, 6.45) is 11.6. The Kier molecular flexibility index (Phi) is 6.65. The van der Waals surface area contributed by atoms with Crippen LogP contribution in [0, 0.1) is 0 Å². The Morgan fingerprint density at radius 2 is 2.08 bits per heavy atom. The van der Waals surface area contributed by atoms with Crippen molar-refractivity contribution in [2.75, 3.05) is 21.3 Å². The predicted molar refractivity (Wildman–Crippen MR) is 99.4 cm³/mol. The first-order valence-corrected chi connectivity index (χ1v) is 8.58. The molecule has 0 bridgehead atoms. The topological polar surface area (TPSA) is 66.6 Å². The minimum absolute atomic E-state index is 0.509. The number of allylic oxidation sites excluding steroid dienone is 1. The van der Waals surface area contributed by atoms with Gasteiger partial charge in [-0.25, -0.2) is 0 Å². The summed E-state index contributed by atoms with van der Waals surface area (Å²) >= 11 is 0. The van der Waals surface area contributed by atoms with Gasteiger partial charge < -0.3 is 19.9 Å². The van der Waals surface area contributed by atoms with E-state index in [-0.39, 0.29) is 0 Å². The largest absolute Gasteiger partial charge is 0.494 e. The molecular formula is C20H28N2O3. The van der Waals surface area contributed by atoms with E-state index in [1.807, 2.05) is 12.1 Å². The molecule has 0 aliphatic heterocycles. The van der Waals surface area contributed by atoms with Crippen molar-refractivity contribution >= 4 is 5.57 Å². The van der Waals surface area contributed by atoms with E-state index in [1.165, 1.54) is 0 Å². The lowest BCUT2D eigenvalue weighted by Gasteiger charge is -2.37. The van der Waals surface area contributed by atoms with E-state index in [2.05, 4.69) is 24.1 Å². The van der Waals surface area contributed by atoms with Crippen LogP contribution < -0.4 is 5.73 Å². The van der Waals surface area contributed by atoms with Crippen molar-refractivity contribution in [1.82, 2.24) is 4.98 Å². The maximum Gasteiger partial charge on any atom is 0.183 e. The fourth-order valence-electron chi connectivity index (χ4n) is 3.12. The summed E-state index contributed by atoms with van der Waals surface area (Å²) in [5, 5.41) is 0. The highest BCUT2D eigenvalue weighted by molar-refractivity contribution is 5.74. The van der Waals surface area contributed by atoms with E-state index >= 15 is 0 Å². The third-order valence-corrected chi connectivity index (χ3v) is 4.49. The lowest BCUT2D eigenvalue weighted by Crippen LogP contribution is -2.38. The molecule has 1 aliphatic rings. The van der Waals surface area contributed by atoms with Crippen LogP contribution in [0.2, 0.25) is 0 Å². The second kappa shape index (κ2) is 8.72. The number of pyridine rings is 1. The van der Waals surface area contributed by atoms with Gasteiger partial charge >= 0.3 is 0 Å². The van der Waals surface area contributed by atoms with Crippen LogP contribution in [0.15, 0.2) is 53.9 Å². The Morgan fingerprint density at radius 3 is 2.64 bits per heavy atom. The molecule has 1 aromatic rings. The van der Waals surface area contributed by atoms with Crippen LogP contribution in [-0.4, -0.2) is 31.9 Å². The molecule has 136 valence electrons. The maximum atomic E-state index is 6.39. The molecule has 5 nitrogen and oxygen atoms in total. The molecule has 25 heavy (non-hydrogen) atoms. The standard InChI is InChI=1S/C20H28N2O3/c1-5-6-7-8-11-20(25-4)13-16(15-10-9-12-22-14-15)17(21)18(23-2)19(20)24-3/h8-12,14H,5-7,13,21H2,1-4H3/b11-8+. The molecule has 1 unspecified atom stereocenters. The first kappa shape index (κ1) is 19.1. The Bertz CT molecular complexity index is 665. The highest BCUT2D eigenvalue weighted by Crippen LogP contribution is 2.43. The molecule has 0 amide bonds. The molecule has 0 spiro atoms. The Morgan fingerprint density at radius 1 is 1.28 bits per heavy atom. The van der Waals surface area contributed by atoms with Crippen molar-refractivity contribution in [3.63, 3.8) is 0 Å².